The minimum Gasteiger partial charge on any atom is -0.485 e. The van der Waals surface area contributed by atoms with Crippen molar-refractivity contribution in [3.63, 3.8) is 0 Å². The summed E-state index contributed by atoms with van der Waals surface area (Å²) in [6.07, 6.45) is -0.229. The van der Waals surface area contributed by atoms with E-state index in [2.05, 4.69) is 4.98 Å². The first-order chi connectivity index (χ1) is 8.60. The third-order valence-corrected chi connectivity index (χ3v) is 2.53. The molecule has 2 rings (SSSR count). The van der Waals surface area contributed by atoms with Crippen LogP contribution in [0.3, 0.4) is 0 Å². The highest BCUT2D eigenvalue weighted by atomic mass is 19.1. The maximum atomic E-state index is 13.4. The van der Waals surface area contributed by atoms with E-state index >= 15 is 0 Å². The van der Waals surface area contributed by atoms with Gasteiger partial charge in [-0.3, -0.25) is 0 Å². The molecule has 98 valence electrons. The molecular weight excluding hydrogens is 245 g/mol. The Labute approximate surface area is 102 Å². The number of pyridine rings is 1. The second kappa shape index (κ2) is 5.18. The molecule has 18 heavy (non-hydrogen) atoms. The molecule has 1 aliphatic heterocycles. The fourth-order valence-corrected chi connectivity index (χ4v) is 1.64. The molecule has 7 heteroatoms. The summed E-state index contributed by atoms with van der Waals surface area (Å²) in [7, 11) is 1.41. The van der Waals surface area contributed by atoms with Gasteiger partial charge in [0.1, 0.15) is 6.10 Å². The SMILES string of the molecule is COc1cc(OC2COC(C(=O)O)C2)c(F)cn1. The number of hydrogen-bond donors (Lipinski definition) is 1. The molecule has 0 amide bonds. The average Bonchev–Trinajstić information content (AvgIpc) is 2.81. The number of aromatic nitrogens is 1. The molecule has 6 nitrogen and oxygen atoms in total. The number of aliphatic carboxylic acids is 1. The van der Waals surface area contributed by atoms with E-state index in [0.717, 1.165) is 6.20 Å². The lowest BCUT2D eigenvalue weighted by atomic mass is 10.2. The molecular formula is C11H12FNO5. The van der Waals surface area contributed by atoms with Gasteiger partial charge in [-0.2, -0.15) is 0 Å². The summed E-state index contributed by atoms with van der Waals surface area (Å²) in [6.45, 7) is 0.112. The van der Waals surface area contributed by atoms with Crippen LogP contribution in [-0.4, -0.2) is 42.0 Å². The molecule has 0 aliphatic carbocycles. The quantitative estimate of drug-likeness (QED) is 0.861. The number of halogens is 1. The molecule has 2 heterocycles. The Bertz CT molecular complexity index is 453. The minimum atomic E-state index is -1.05. The van der Waals surface area contributed by atoms with E-state index in [1.807, 2.05) is 0 Å². The number of methoxy groups -OCH3 is 1. The van der Waals surface area contributed by atoms with Crippen molar-refractivity contribution >= 4 is 5.97 Å². The zero-order chi connectivity index (χ0) is 13.1. The summed E-state index contributed by atoms with van der Waals surface area (Å²) in [5, 5.41) is 8.75. The van der Waals surface area contributed by atoms with Crippen molar-refractivity contribution in [3.05, 3.63) is 18.1 Å². The van der Waals surface area contributed by atoms with Crippen molar-refractivity contribution in [1.82, 2.24) is 4.98 Å². The Balaban J connectivity index is 2.04. The molecule has 0 spiro atoms. The largest absolute Gasteiger partial charge is 0.485 e. The summed E-state index contributed by atoms with van der Waals surface area (Å²) < 4.78 is 28.6. The van der Waals surface area contributed by atoms with E-state index in [1.54, 1.807) is 0 Å². The Morgan fingerprint density at radius 2 is 2.44 bits per heavy atom. The fourth-order valence-electron chi connectivity index (χ4n) is 1.64. The van der Waals surface area contributed by atoms with Crippen LogP contribution in [0.1, 0.15) is 6.42 Å². The molecule has 1 aliphatic rings. The lowest BCUT2D eigenvalue weighted by molar-refractivity contribution is -0.147. The van der Waals surface area contributed by atoms with Crippen LogP contribution in [-0.2, 0) is 9.53 Å². The van der Waals surface area contributed by atoms with E-state index < -0.39 is 24.0 Å². The first kappa shape index (κ1) is 12.6. The monoisotopic (exact) mass is 257 g/mol. The van der Waals surface area contributed by atoms with E-state index in [0.29, 0.717) is 0 Å². The first-order valence-electron chi connectivity index (χ1n) is 5.30. The third-order valence-electron chi connectivity index (χ3n) is 2.53. The Hall–Kier alpha value is -1.89. The molecule has 1 saturated heterocycles. The highest BCUT2D eigenvalue weighted by Gasteiger charge is 2.32. The number of hydrogen-bond acceptors (Lipinski definition) is 5. The molecule has 0 saturated carbocycles. The molecule has 0 radical (unpaired) electrons. The van der Waals surface area contributed by atoms with Crippen molar-refractivity contribution in [2.75, 3.05) is 13.7 Å². The van der Waals surface area contributed by atoms with E-state index in [9.17, 15) is 9.18 Å². The Kier molecular flexibility index (Phi) is 3.61. The number of ether oxygens (including phenoxy) is 3. The predicted octanol–water partition coefficient (Wildman–Crippen LogP) is 0.850. The summed E-state index contributed by atoms with van der Waals surface area (Å²) in [6, 6.07) is 1.31. The number of carboxylic acids is 1. The lowest BCUT2D eigenvalue weighted by Crippen LogP contribution is -2.21. The van der Waals surface area contributed by atoms with Gasteiger partial charge in [-0.1, -0.05) is 0 Å². The van der Waals surface area contributed by atoms with Crippen molar-refractivity contribution in [1.29, 1.82) is 0 Å². The van der Waals surface area contributed by atoms with Crippen LogP contribution in [0.15, 0.2) is 12.3 Å². The normalized spacial score (nSPS) is 22.8. The molecule has 2 unspecified atom stereocenters. The van der Waals surface area contributed by atoms with Gasteiger partial charge in [0.05, 0.1) is 19.9 Å². The van der Waals surface area contributed by atoms with Gasteiger partial charge in [-0.25, -0.2) is 14.2 Å². The summed E-state index contributed by atoms with van der Waals surface area (Å²) >= 11 is 0. The summed E-state index contributed by atoms with van der Waals surface area (Å²) in [4.78, 5) is 14.4. The number of rotatable bonds is 4. The highest BCUT2D eigenvalue weighted by molar-refractivity contribution is 5.72. The van der Waals surface area contributed by atoms with Crippen molar-refractivity contribution in [2.24, 2.45) is 0 Å². The van der Waals surface area contributed by atoms with E-state index in [-0.39, 0.29) is 24.7 Å². The number of carbonyl (C=O) groups is 1. The van der Waals surface area contributed by atoms with Crippen LogP contribution in [0.5, 0.6) is 11.6 Å². The van der Waals surface area contributed by atoms with E-state index in [4.69, 9.17) is 19.3 Å². The van der Waals surface area contributed by atoms with Gasteiger partial charge in [-0.05, 0) is 0 Å². The van der Waals surface area contributed by atoms with Crippen molar-refractivity contribution < 1.29 is 28.5 Å². The second-order valence-corrected chi connectivity index (χ2v) is 3.79. The van der Waals surface area contributed by atoms with E-state index in [1.165, 1.54) is 13.2 Å². The fraction of sp³-hybridized carbons (Fsp3) is 0.455. The highest BCUT2D eigenvalue weighted by Crippen LogP contribution is 2.25. The van der Waals surface area contributed by atoms with Crippen LogP contribution >= 0.6 is 0 Å². The van der Waals surface area contributed by atoms with Crippen LogP contribution in [0.25, 0.3) is 0 Å². The molecule has 1 aromatic heterocycles. The average molecular weight is 257 g/mol. The predicted molar refractivity (Wildman–Crippen MR) is 57.2 cm³/mol. The zero-order valence-corrected chi connectivity index (χ0v) is 9.63. The summed E-state index contributed by atoms with van der Waals surface area (Å²) in [5.74, 6) is -1.48. The van der Waals surface area contributed by atoms with Gasteiger partial charge in [0.2, 0.25) is 5.88 Å². The van der Waals surface area contributed by atoms with Crippen LogP contribution in [0.2, 0.25) is 0 Å². The molecule has 2 atom stereocenters. The maximum absolute atomic E-state index is 13.4. The van der Waals surface area contributed by atoms with Gasteiger partial charge in [0, 0.05) is 12.5 Å². The first-order valence-corrected chi connectivity index (χ1v) is 5.30. The van der Waals surface area contributed by atoms with Crippen LogP contribution in [0, 0.1) is 5.82 Å². The third kappa shape index (κ3) is 2.67. The molecule has 0 aromatic carbocycles. The van der Waals surface area contributed by atoms with Crippen LogP contribution in [0.4, 0.5) is 4.39 Å². The second-order valence-electron chi connectivity index (χ2n) is 3.79. The van der Waals surface area contributed by atoms with Gasteiger partial charge in [0.15, 0.2) is 17.7 Å². The Morgan fingerprint density at radius 3 is 3.06 bits per heavy atom. The van der Waals surface area contributed by atoms with Crippen LogP contribution < -0.4 is 9.47 Å². The molecule has 1 aromatic rings. The Morgan fingerprint density at radius 1 is 1.67 bits per heavy atom. The molecule has 1 N–H and O–H groups in total. The van der Waals surface area contributed by atoms with Gasteiger partial charge < -0.3 is 19.3 Å². The zero-order valence-electron chi connectivity index (χ0n) is 9.63. The lowest BCUT2D eigenvalue weighted by Gasteiger charge is -2.12. The molecule has 1 fully saturated rings. The van der Waals surface area contributed by atoms with Gasteiger partial charge >= 0.3 is 5.97 Å². The number of nitrogens with zero attached hydrogens (tertiary/aromatic N) is 1. The van der Waals surface area contributed by atoms with Gasteiger partial charge in [-0.15, -0.1) is 0 Å². The smallest absolute Gasteiger partial charge is 0.332 e. The molecule has 0 bridgehead atoms. The topological polar surface area (TPSA) is 77.9 Å². The summed E-state index contributed by atoms with van der Waals surface area (Å²) in [5.41, 5.74) is 0. The minimum absolute atomic E-state index is 0.0264. The van der Waals surface area contributed by atoms with Gasteiger partial charge in [0.25, 0.3) is 0 Å². The maximum Gasteiger partial charge on any atom is 0.332 e. The van der Waals surface area contributed by atoms with Crippen molar-refractivity contribution in [2.45, 2.75) is 18.6 Å². The van der Waals surface area contributed by atoms with Crippen molar-refractivity contribution in [3.8, 4) is 11.6 Å². The standard InChI is InChI=1S/C11H12FNO5/c1-16-10-3-8(7(12)4-13-10)18-6-2-9(11(14)15)17-5-6/h3-4,6,9H,2,5H2,1H3,(H,14,15). The number of carboxylic acid groups (broad SMARTS) is 1.